The van der Waals surface area contributed by atoms with Gasteiger partial charge in [0.15, 0.2) is 6.61 Å². The highest BCUT2D eigenvalue weighted by atomic mass is 35.5. The van der Waals surface area contributed by atoms with Crippen LogP contribution in [0, 0.1) is 13.8 Å². The van der Waals surface area contributed by atoms with E-state index in [0.29, 0.717) is 21.9 Å². The predicted molar refractivity (Wildman–Crippen MR) is 123 cm³/mol. The van der Waals surface area contributed by atoms with Crippen LogP contribution in [0.15, 0.2) is 71.8 Å². The number of hydrogen-bond acceptors (Lipinski definition) is 4. The molecule has 0 aliphatic carbocycles. The standard InChI is InChI=1S/C24H22ClN3O3/c1-16-6-11-22(17(2)12-16)27-23(29)15-31-21-5-3-4-18(13-21)14-26-28-24(30)19-7-9-20(25)10-8-19/h3-14H,15H2,1-2H3,(H,27,29)(H,28,30)/b26-14+. The second-order valence-electron chi connectivity index (χ2n) is 6.93. The monoisotopic (exact) mass is 435 g/mol. The third-order valence-electron chi connectivity index (χ3n) is 4.37. The maximum atomic E-state index is 12.2. The molecule has 31 heavy (non-hydrogen) atoms. The number of amides is 2. The summed E-state index contributed by atoms with van der Waals surface area (Å²) in [6.45, 7) is 3.82. The highest BCUT2D eigenvalue weighted by Crippen LogP contribution is 2.16. The number of anilines is 1. The zero-order valence-corrected chi connectivity index (χ0v) is 17.9. The summed E-state index contributed by atoms with van der Waals surface area (Å²) in [4.78, 5) is 24.2. The molecule has 0 radical (unpaired) electrons. The molecule has 0 bridgehead atoms. The maximum absolute atomic E-state index is 12.2. The van der Waals surface area contributed by atoms with Gasteiger partial charge in [-0.3, -0.25) is 9.59 Å². The number of hydrogen-bond donors (Lipinski definition) is 2. The van der Waals surface area contributed by atoms with Gasteiger partial charge in [0.2, 0.25) is 0 Å². The Labute approximate surface area is 185 Å². The van der Waals surface area contributed by atoms with Crippen molar-refractivity contribution in [2.24, 2.45) is 5.10 Å². The van der Waals surface area contributed by atoms with E-state index in [0.717, 1.165) is 16.8 Å². The van der Waals surface area contributed by atoms with Crippen molar-refractivity contribution < 1.29 is 14.3 Å². The Kier molecular flexibility index (Phi) is 7.40. The number of carbonyl (C=O) groups is 2. The van der Waals surface area contributed by atoms with Gasteiger partial charge in [0, 0.05) is 16.3 Å². The topological polar surface area (TPSA) is 79.8 Å². The Morgan fingerprint density at radius 2 is 1.81 bits per heavy atom. The van der Waals surface area contributed by atoms with Crippen LogP contribution in [0.25, 0.3) is 0 Å². The zero-order valence-electron chi connectivity index (χ0n) is 17.2. The van der Waals surface area contributed by atoms with Crippen LogP contribution in [0.1, 0.15) is 27.0 Å². The van der Waals surface area contributed by atoms with E-state index in [-0.39, 0.29) is 18.4 Å². The third-order valence-corrected chi connectivity index (χ3v) is 4.62. The molecule has 0 aromatic heterocycles. The van der Waals surface area contributed by atoms with E-state index < -0.39 is 0 Å². The largest absolute Gasteiger partial charge is 0.484 e. The molecule has 7 heteroatoms. The molecule has 3 aromatic rings. The first-order valence-electron chi connectivity index (χ1n) is 9.59. The maximum Gasteiger partial charge on any atom is 0.271 e. The van der Waals surface area contributed by atoms with Gasteiger partial charge in [-0.05, 0) is 67.4 Å². The van der Waals surface area contributed by atoms with Crippen molar-refractivity contribution in [1.29, 1.82) is 0 Å². The van der Waals surface area contributed by atoms with Gasteiger partial charge in [0.1, 0.15) is 5.75 Å². The number of benzene rings is 3. The fraction of sp³-hybridized carbons (Fsp3) is 0.125. The highest BCUT2D eigenvalue weighted by molar-refractivity contribution is 6.30. The lowest BCUT2D eigenvalue weighted by Crippen LogP contribution is -2.20. The molecule has 0 unspecified atom stereocenters. The molecule has 0 atom stereocenters. The molecule has 2 N–H and O–H groups in total. The van der Waals surface area contributed by atoms with Crippen LogP contribution >= 0.6 is 11.6 Å². The first-order valence-corrected chi connectivity index (χ1v) is 9.97. The molecule has 3 rings (SSSR count). The SMILES string of the molecule is Cc1ccc(NC(=O)COc2cccc(/C=N/NC(=O)c3ccc(Cl)cc3)c2)c(C)c1. The van der Waals surface area contributed by atoms with Crippen molar-refractivity contribution in [3.63, 3.8) is 0 Å². The molecule has 0 aliphatic rings. The van der Waals surface area contributed by atoms with Gasteiger partial charge in [-0.25, -0.2) is 5.43 Å². The van der Waals surface area contributed by atoms with Gasteiger partial charge in [-0.1, -0.05) is 41.4 Å². The van der Waals surface area contributed by atoms with Crippen molar-refractivity contribution in [3.8, 4) is 5.75 Å². The lowest BCUT2D eigenvalue weighted by atomic mass is 10.1. The van der Waals surface area contributed by atoms with Crippen LogP contribution in [0.3, 0.4) is 0 Å². The number of aryl methyl sites for hydroxylation is 2. The van der Waals surface area contributed by atoms with Gasteiger partial charge in [-0.15, -0.1) is 0 Å². The summed E-state index contributed by atoms with van der Waals surface area (Å²) in [5.41, 5.74) is 6.51. The second-order valence-corrected chi connectivity index (χ2v) is 7.37. The van der Waals surface area contributed by atoms with Crippen LogP contribution in [0.5, 0.6) is 5.75 Å². The average molecular weight is 436 g/mol. The number of nitrogens with zero attached hydrogens (tertiary/aromatic N) is 1. The lowest BCUT2D eigenvalue weighted by molar-refractivity contribution is -0.118. The molecule has 6 nitrogen and oxygen atoms in total. The fourth-order valence-electron chi connectivity index (χ4n) is 2.80. The fourth-order valence-corrected chi connectivity index (χ4v) is 2.93. The molecule has 0 saturated heterocycles. The van der Waals surface area contributed by atoms with Crippen LogP contribution in [0.4, 0.5) is 5.69 Å². The third kappa shape index (κ3) is 6.69. The molecular weight excluding hydrogens is 414 g/mol. The molecule has 3 aromatic carbocycles. The van der Waals surface area contributed by atoms with Gasteiger partial charge in [-0.2, -0.15) is 5.10 Å². The first-order chi connectivity index (χ1) is 14.9. The number of halogens is 1. The minimum Gasteiger partial charge on any atom is -0.484 e. The minimum absolute atomic E-state index is 0.124. The molecule has 0 saturated carbocycles. The van der Waals surface area contributed by atoms with Crippen molar-refractivity contribution in [2.45, 2.75) is 13.8 Å². The van der Waals surface area contributed by atoms with Crippen molar-refractivity contribution in [1.82, 2.24) is 5.43 Å². The van der Waals surface area contributed by atoms with Gasteiger partial charge in [0.05, 0.1) is 6.21 Å². The van der Waals surface area contributed by atoms with Crippen LogP contribution in [-0.4, -0.2) is 24.6 Å². The van der Waals surface area contributed by atoms with Crippen LogP contribution in [-0.2, 0) is 4.79 Å². The number of rotatable bonds is 7. The number of carbonyl (C=O) groups excluding carboxylic acids is 2. The predicted octanol–water partition coefficient (Wildman–Crippen LogP) is 4.74. The second kappa shape index (κ2) is 10.4. The summed E-state index contributed by atoms with van der Waals surface area (Å²) >= 11 is 5.82. The molecular formula is C24H22ClN3O3. The molecule has 0 fully saturated rings. The summed E-state index contributed by atoms with van der Waals surface area (Å²) in [7, 11) is 0. The molecule has 0 heterocycles. The Morgan fingerprint density at radius 3 is 2.55 bits per heavy atom. The van der Waals surface area contributed by atoms with Crippen molar-refractivity contribution in [3.05, 3.63) is 94.0 Å². The quantitative estimate of drug-likeness (QED) is 0.415. The van der Waals surface area contributed by atoms with Crippen molar-refractivity contribution in [2.75, 3.05) is 11.9 Å². The summed E-state index contributed by atoms with van der Waals surface area (Å²) in [5, 5.41) is 7.35. The Bertz CT molecular complexity index is 1110. The smallest absolute Gasteiger partial charge is 0.271 e. The lowest BCUT2D eigenvalue weighted by Gasteiger charge is -2.10. The highest BCUT2D eigenvalue weighted by Gasteiger charge is 2.07. The van der Waals surface area contributed by atoms with E-state index >= 15 is 0 Å². The number of nitrogens with one attached hydrogen (secondary N) is 2. The van der Waals surface area contributed by atoms with E-state index in [2.05, 4.69) is 15.8 Å². The van der Waals surface area contributed by atoms with Gasteiger partial charge in [0.25, 0.3) is 11.8 Å². The van der Waals surface area contributed by atoms with Crippen LogP contribution < -0.4 is 15.5 Å². The van der Waals surface area contributed by atoms with E-state index in [1.165, 1.54) is 6.21 Å². The Balaban J connectivity index is 1.52. The first kappa shape index (κ1) is 22.1. The Hall–Kier alpha value is -3.64. The minimum atomic E-state index is -0.344. The van der Waals surface area contributed by atoms with E-state index in [1.807, 2.05) is 32.0 Å². The Morgan fingerprint density at radius 1 is 1.03 bits per heavy atom. The summed E-state index contributed by atoms with van der Waals surface area (Å²) in [6, 6.07) is 19.4. The van der Waals surface area contributed by atoms with Gasteiger partial charge < -0.3 is 10.1 Å². The molecule has 158 valence electrons. The zero-order chi connectivity index (χ0) is 22.2. The summed E-state index contributed by atoms with van der Waals surface area (Å²) < 4.78 is 5.58. The molecule has 0 aliphatic heterocycles. The molecule has 0 spiro atoms. The number of hydrazone groups is 1. The summed E-state index contributed by atoms with van der Waals surface area (Å²) in [5.74, 6) is -0.0756. The summed E-state index contributed by atoms with van der Waals surface area (Å²) in [6.07, 6.45) is 1.50. The van der Waals surface area contributed by atoms with E-state index in [1.54, 1.807) is 48.5 Å². The average Bonchev–Trinajstić information content (AvgIpc) is 2.75. The van der Waals surface area contributed by atoms with E-state index in [4.69, 9.17) is 16.3 Å². The number of ether oxygens (including phenoxy) is 1. The molecule has 2 amide bonds. The van der Waals surface area contributed by atoms with Gasteiger partial charge >= 0.3 is 0 Å². The normalized spacial score (nSPS) is 10.7. The van der Waals surface area contributed by atoms with Crippen molar-refractivity contribution >= 4 is 35.3 Å². The van der Waals surface area contributed by atoms with Crippen LogP contribution in [0.2, 0.25) is 5.02 Å². The van der Waals surface area contributed by atoms with E-state index in [9.17, 15) is 9.59 Å².